The standard InChI is InChI=1S/C5H7ClO2/c1-3-4(6)2-5(7)8-3/h3-4H,2H2,1H3/t3-,4+/m1/s1. The van der Waals surface area contributed by atoms with Crippen molar-refractivity contribution in [3.05, 3.63) is 0 Å². The summed E-state index contributed by atoms with van der Waals surface area (Å²) in [5, 5.41) is -0.109. The first-order valence-corrected chi connectivity index (χ1v) is 2.97. The van der Waals surface area contributed by atoms with E-state index in [0.717, 1.165) is 0 Å². The first-order valence-electron chi connectivity index (χ1n) is 2.53. The Balaban J connectivity index is 2.51. The van der Waals surface area contributed by atoms with Gasteiger partial charge in [0.05, 0.1) is 11.8 Å². The number of halogens is 1. The molecule has 0 aliphatic carbocycles. The molecule has 1 aliphatic heterocycles. The Bertz CT molecular complexity index is 101. The summed E-state index contributed by atoms with van der Waals surface area (Å²) in [6.45, 7) is 1.79. The second-order valence-electron chi connectivity index (χ2n) is 1.92. The summed E-state index contributed by atoms with van der Waals surface area (Å²) in [6.07, 6.45) is 0.270. The maximum absolute atomic E-state index is 10.4. The van der Waals surface area contributed by atoms with Gasteiger partial charge in [-0.15, -0.1) is 11.6 Å². The predicted molar refractivity (Wildman–Crippen MR) is 29.8 cm³/mol. The second-order valence-corrected chi connectivity index (χ2v) is 2.48. The van der Waals surface area contributed by atoms with Crippen molar-refractivity contribution in [2.24, 2.45) is 0 Å². The van der Waals surface area contributed by atoms with E-state index < -0.39 is 0 Å². The number of rotatable bonds is 0. The Kier molecular flexibility index (Phi) is 1.43. The molecule has 1 saturated heterocycles. The molecule has 0 saturated carbocycles. The third kappa shape index (κ3) is 0.944. The van der Waals surface area contributed by atoms with Gasteiger partial charge in [0.1, 0.15) is 6.10 Å². The number of ether oxygens (including phenoxy) is 1. The van der Waals surface area contributed by atoms with E-state index >= 15 is 0 Å². The minimum Gasteiger partial charge on any atom is -0.461 e. The molecule has 0 unspecified atom stereocenters. The quantitative estimate of drug-likeness (QED) is 0.364. The third-order valence-corrected chi connectivity index (χ3v) is 1.70. The van der Waals surface area contributed by atoms with E-state index in [9.17, 15) is 4.79 Å². The molecule has 8 heavy (non-hydrogen) atoms. The minimum absolute atomic E-state index is 0.0934. The van der Waals surface area contributed by atoms with E-state index in [4.69, 9.17) is 16.3 Å². The van der Waals surface area contributed by atoms with Crippen molar-refractivity contribution in [1.29, 1.82) is 0 Å². The number of hydrogen-bond acceptors (Lipinski definition) is 2. The van der Waals surface area contributed by atoms with Crippen molar-refractivity contribution in [3.8, 4) is 0 Å². The molecule has 2 nitrogen and oxygen atoms in total. The summed E-state index contributed by atoms with van der Waals surface area (Å²) in [5.41, 5.74) is 0. The number of carbonyl (C=O) groups excluding carboxylic acids is 1. The lowest BCUT2D eigenvalue weighted by Crippen LogP contribution is -2.09. The van der Waals surface area contributed by atoms with Gasteiger partial charge in [-0.1, -0.05) is 0 Å². The Morgan fingerprint density at radius 1 is 1.88 bits per heavy atom. The fourth-order valence-electron chi connectivity index (χ4n) is 0.654. The third-order valence-electron chi connectivity index (χ3n) is 1.19. The zero-order valence-corrected chi connectivity index (χ0v) is 5.31. The summed E-state index contributed by atoms with van der Waals surface area (Å²) in [6, 6.07) is 0. The van der Waals surface area contributed by atoms with Gasteiger partial charge in [0.25, 0.3) is 0 Å². The molecule has 1 aliphatic rings. The lowest BCUT2D eigenvalue weighted by atomic mass is 10.2. The molecule has 1 fully saturated rings. The fraction of sp³-hybridized carbons (Fsp3) is 0.800. The van der Waals surface area contributed by atoms with Crippen molar-refractivity contribution in [2.75, 3.05) is 0 Å². The molecule has 0 aromatic carbocycles. The first-order chi connectivity index (χ1) is 3.70. The summed E-state index contributed by atoms with van der Waals surface area (Å²) in [4.78, 5) is 10.4. The highest BCUT2D eigenvalue weighted by atomic mass is 35.5. The molecule has 0 spiro atoms. The summed E-state index contributed by atoms with van der Waals surface area (Å²) >= 11 is 5.61. The number of alkyl halides is 1. The number of cyclic esters (lactones) is 1. The SMILES string of the molecule is C[C@H]1OC(=O)C[C@@H]1Cl. The van der Waals surface area contributed by atoms with Crippen LogP contribution in [-0.4, -0.2) is 17.5 Å². The molecular weight excluding hydrogens is 128 g/mol. The van der Waals surface area contributed by atoms with Crippen LogP contribution >= 0.6 is 11.6 Å². The van der Waals surface area contributed by atoms with Gasteiger partial charge < -0.3 is 4.74 Å². The normalized spacial score (nSPS) is 37.5. The molecular formula is C5H7ClO2. The molecule has 1 heterocycles. The van der Waals surface area contributed by atoms with Gasteiger partial charge >= 0.3 is 5.97 Å². The van der Waals surface area contributed by atoms with Crippen LogP contribution in [0.2, 0.25) is 0 Å². The molecule has 2 atom stereocenters. The van der Waals surface area contributed by atoms with Gasteiger partial charge in [-0.05, 0) is 6.92 Å². The van der Waals surface area contributed by atoms with Crippen molar-refractivity contribution in [1.82, 2.24) is 0 Å². The van der Waals surface area contributed by atoms with Crippen LogP contribution in [0.1, 0.15) is 13.3 Å². The topological polar surface area (TPSA) is 26.3 Å². The molecule has 1 rings (SSSR count). The summed E-state index contributed by atoms with van der Waals surface area (Å²) in [7, 11) is 0. The zero-order valence-electron chi connectivity index (χ0n) is 4.56. The molecule has 0 aromatic rings. The van der Waals surface area contributed by atoms with Crippen LogP contribution in [0.3, 0.4) is 0 Å². The van der Waals surface area contributed by atoms with Crippen molar-refractivity contribution in [3.63, 3.8) is 0 Å². The van der Waals surface area contributed by atoms with E-state index in [1.807, 2.05) is 0 Å². The number of carbonyl (C=O) groups is 1. The largest absolute Gasteiger partial charge is 0.461 e. The first kappa shape index (κ1) is 5.89. The molecule has 3 heteroatoms. The maximum atomic E-state index is 10.4. The lowest BCUT2D eigenvalue weighted by molar-refractivity contribution is -0.140. The molecule has 0 radical (unpaired) electrons. The predicted octanol–water partition coefficient (Wildman–Crippen LogP) is 0.929. The highest BCUT2D eigenvalue weighted by Crippen LogP contribution is 2.19. The zero-order chi connectivity index (χ0) is 6.15. The van der Waals surface area contributed by atoms with Gasteiger partial charge in [0.15, 0.2) is 0 Å². The Morgan fingerprint density at radius 2 is 2.50 bits per heavy atom. The highest BCUT2D eigenvalue weighted by molar-refractivity contribution is 6.22. The van der Waals surface area contributed by atoms with Gasteiger partial charge in [-0.3, -0.25) is 4.79 Å². The van der Waals surface area contributed by atoms with Crippen LogP contribution in [0.5, 0.6) is 0 Å². The average Bonchev–Trinajstić information content (AvgIpc) is 1.85. The maximum Gasteiger partial charge on any atom is 0.307 e. The average molecular weight is 135 g/mol. The molecule has 0 N–H and O–H groups in total. The molecule has 46 valence electrons. The summed E-state index contributed by atoms with van der Waals surface area (Å²) in [5.74, 6) is -0.183. The van der Waals surface area contributed by atoms with Gasteiger partial charge in [0, 0.05) is 0 Å². The van der Waals surface area contributed by atoms with E-state index in [1.54, 1.807) is 6.92 Å². The van der Waals surface area contributed by atoms with E-state index in [1.165, 1.54) is 0 Å². The van der Waals surface area contributed by atoms with Crippen molar-refractivity contribution in [2.45, 2.75) is 24.8 Å². The van der Waals surface area contributed by atoms with Crippen LogP contribution in [0, 0.1) is 0 Å². The van der Waals surface area contributed by atoms with Crippen molar-refractivity contribution >= 4 is 17.6 Å². The fourth-order valence-corrected chi connectivity index (χ4v) is 0.832. The molecule has 0 amide bonds. The van der Waals surface area contributed by atoms with Crippen LogP contribution in [-0.2, 0) is 9.53 Å². The van der Waals surface area contributed by atoms with Gasteiger partial charge in [0.2, 0.25) is 0 Å². The second kappa shape index (κ2) is 1.94. The number of hydrogen-bond donors (Lipinski definition) is 0. The van der Waals surface area contributed by atoms with Crippen LogP contribution in [0.15, 0.2) is 0 Å². The van der Waals surface area contributed by atoms with E-state index in [-0.39, 0.29) is 17.5 Å². The Hall–Kier alpha value is -0.240. The van der Waals surface area contributed by atoms with E-state index in [2.05, 4.69) is 0 Å². The summed E-state index contributed by atoms with van der Waals surface area (Å²) < 4.78 is 4.70. The smallest absolute Gasteiger partial charge is 0.307 e. The van der Waals surface area contributed by atoms with E-state index in [0.29, 0.717) is 6.42 Å². The van der Waals surface area contributed by atoms with Crippen molar-refractivity contribution < 1.29 is 9.53 Å². The van der Waals surface area contributed by atoms with Gasteiger partial charge in [-0.25, -0.2) is 0 Å². The van der Waals surface area contributed by atoms with Gasteiger partial charge in [-0.2, -0.15) is 0 Å². The van der Waals surface area contributed by atoms with Crippen LogP contribution in [0.4, 0.5) is 0 Å². The Labute approximate surface area is 52.8 Å². The molecule has 0 bridgehead atoms. The minimum atomic E-state index is -0.183. The van der Waals surface area contributed by atoms with Crippen LogP contribution < -0.4 is 0 Å². The van der Waals surface area contributed by atoms with Crippen LogP contribution in [0.25, 0.3) is 0 Å². The molecule has 0 aromatic heterocycles. The monoisotopic (exact) mass is 134 g/mol. The Morgan fingerprint density at radius 3 is 2.62 bits per heavy atom. The highest BCUT2D eigenvalue weighted by Gasteiger charge is 2.28. The lowest BCUT2D eigenvalue weighted by Gasteiger charge is -2.01. The number of esters is 1.